The molecule has 12 heteroatoms. The van der Waals surface area contributed by atoms with E-state index >= 15 is 0 Å². The third kappa shape index (κ3) is 4.81. The number of hydrogen-bond donors (Lipinski definition) is 2. The predicted octanol–water partition coefficient (Wildman–Crippen LogP) is 3.44. The molecule has 4 heterocycles. The molecule has 0 spiro atoms. The highest BCUT2D eigenvalue weighted by molar-refractivity contribution is 6.35. The second-order valence-electron chi connectivity index (χ2n) is 8.64. The maximum Gasteiger partial charge on any atom is 0.407 e. The van der Waals surface area contributed by atoms with E-state index in [4.69, 9.17) is 28.2 Å². The summed E-state index contributed by atoms with van der Waals surface area (Å²) in [6.45, 7) is 3.13. The molecule has 2 N–H and O–H groups in total. The van der Waals surface area contributed by atoms with Gasteiger partial charge in [0, 0.05) is 61.4 Å². The average Bonchev–Trinajstić information content (AvgIpc) is 3.53. The molecule has 0 radical (unpaired) electrons. The van der Waals surface area contributed by atoms with E-state index in [1.54, 1.807) is 27.7 Å². The Labute approximate surface area is 212 Å². The molecule has 2 aromatic heterocycles. The van der Waals surface area contributed by atoms with Gasteiger partial charge < -0.3 is 20.2 Å². The summed E-state index contributed by atoms with van der Waals surface area (Å²) >= 11 is 12.3. The van der Waals surface area contributed by atoms with Crippen molar-refractivity contribution in [3.05, 3.63) is 52.1 Å². The number of amides is 2. The van der Waals surface area contributed by atoms with Crippen LogP contribution in [0.4, 0.5) is 16.4 Å². The van der Waals surface area contributed by atoms with Crippen molar-refractivity contribution in [1.82, 2.24) is 24.4 Å². The number of nitrogens with zero attached hydrogens (tertiary/aromatic N) is 6. The summed E-state index contributed by atoms with van der Waals surface area (Å²) in [5, 5.41) is 18.3. The van der Waals surface area contributed by atoms with Gasteiger partial charge in [0.05, 0.1) is 6.20 Å². The van der Waals surface area contributed by atoms with E-state index in [-0.39, 0.29) is 5.91 Å². The van der Waals surface area contributed by atoms with Crippen LogP contribution in [0.2, 0.25) is 10.0 Å². The highest BCUT2D eigenvalue weighted by atomic mass is 35.5. The van der Waals surface area contributed by atoms with Gasteiger partial charge in [-0.25, -0.2) is 9.78 Å². The van der Waals surface area contributed by atoms with Gasteiger partial charge in [0.15, 0.2) is 5.65 Å². The number of carboxylic acid groups (broad SMARTS) is 1. The Balaban J connectivity index is 1.28. The number of aromatic nitrogens is 3. The Kier molecular flexibility index (Phi) is 6.57. The highest BCUT2D eigenvalue weighted by Gasteiger charge is 2.37. The topological polar surface area (TPSA) is 106 Å². The molecule has 1 atom stereocenters. The van der Waals surface area contributed by atoms with Crippen LogP contribution < -0.4 is 10.2 Å². The predicted molar refractivity (Wildman–Crippen MR) is 133 cm³/mol. The Hall–Kier alpha value is -3.24. The number of nitrogens with one attached hydrogen (secondary N) is 1. The van der Waals surface area contributed by atoms with Gasteiger partial charge in [0.25, 0.3) is 0 Å². The quantitative estimate of drug-likeness (QED) is 0.533. The first-order valence-electron chi connectivity index (χ1n) is 11.5. The molecule has 1 aromatic carbocycles. The molecule has 3 aromatic rings. The smallest absolute Gasteiger partial charge is 0.407 e. The molecular formula is C23H25Cl2N7O3. The van der Waals surface area contributed by atoms with Crippen molar-refractivity contribution in [1.29, 1.82) is 0 Å². The van der Waals surface area contributed by atoms with Gasteiger partial charge in [-0.1, -0.05) is 29.3 Å². The second-order valence-corrected chi connectivity index (χ2v) is 9.48. The summed E-state index contributed by atoms with van der Waals surface area (Å²) in [5.74, 6) is 1.44. The number of carbonyl (C=O) groups excluding carboxylic acids is 1. The van der Waals surface area contributed by atoms with E-state index in [1.807, 2.05) is 18.2 Å². The number of hydrogen-bond acceptors (Lipinski definition) is 6. The van der Waals surface area contributed by atoms with Crippen molar-refractivity contribution >= 4 is 52.5 Å². The number of fused-ring (bicyclic) bond motifs is 1. The second kappa shape index (κ2) is 9.79. The zero-order valence-electron chi connectivity index (χ0n) is 18.9. The highest BCUT2D eigenvalue weighted by Crippen LogP contribution is 2.25. The Morgan fingerprint density at radius 3 is 2.63 bits per heavy atom. The lowest BCUT2D eigenvalue weighted by molar-refractivity contribution is -0.135. The third-order valence-corrected chi connectivity index (χ3v) is 7.11. The zero-order chi connectivity index (χ0) is 24.5. The number of rotatable bonds is 5. The molecule has 2 saturated heterocycles. The summed E-state index contributed by atoms with van der Waals surface area (Å²) in [5.41, 5.74) is 1.61. The molecule has 5 rings (SSSR count). The van der Waals surface area contributed by atoms with Crippen LogP contribution in [0.5, 0.6) is 0 Å². The lowest BCUT2D eigenvalue weighted by Gasteiger charge is -2.37. The van der Waals surface area contributed by atoms with Gasteiger partial charge in [-0.3, -0.25) is 9.69 Å². The number of carbonyl (C=O) groups is 2. The molecular weight excluding hydrogens is 493 g/mol. The fourth-order valence-corrected chi connectivity index (χ4v) is 5.13. The lowest BCUT2D eigenvalue weighted by Crippen LogP contribution is -2.54. The molecule has 35 heavy (non-hydrogen) atoms. The summed E-state index contributed by atoms with van der Waals surface area (Å²) in [6.07, 6.45) is 1.96. The first kappa shape index (κ1) is 23.5. The fraction of sp³-hybridized carbons (Fsp3) is 0.391. The van der Waals surface area contributed by atoms with Crippen LogP contribution in [-0.2, 0) is 11.3 Å². The van der Waals surface area contributed by atoms with Crippen LogP contribution in [0.3, 0.4) is 0 Å². The minimum absolute atomic E-state index is 0.106. The van der Waals surface area contributed by atoms with E-state index in [9.17, 15) is 14.7 Å². The molecule has 10 nitrogen and oxygen atoms in total. The van der Waals surface area contributed by atoms with Gasteiger partial charge in [0.2, 0.25) is 5.91 Å². The largest absolute Gasteiger partial charge is 0.465 e. The van der Waals surface area contributed by atoms with Crippen molar-refractivity contribution in [2.45, 2.75) is 25.4 Å². The van der Waals surface area contributed by atoms with Crippen LogP contribution in [0.25, 0.3) is 5.65 Å². The number of piperazine rings is 1. The molecule has 2 fully saturated rings. The molecule has 0 aliphatic carbocycles. The van der Waals surface area contributed by atoms with Gasteiger partial charge >= 0.3 is 6.09 Å². The van der Waals surface area contributed by atoms with Crippen LogP contribution in [-0.4, -0.2) is 80.3 Å². The minimum Gasteiger partial charge on any atom is -0.465 e. The Morgan fingerprint density at radius 2 is 1.89 bits per heavy atom. The van der Waals surface area contributed by atoms with Crippen molar-refractivity contribution < 1.29 is 14.7 Å². The van der Waals surface area contributed by atoms with Crippen molar-refractivity contribution in [2.24, 2.45) is 0 Å². The van der Waals surface area contributed by atoms with E-state index < -0.39 is 12.1 Å². The fourth-order valence-electron chi connectivity index (χ4n) is 4.66. The number of benzene rings is 1. The SMILES string of the molecule is O=C(C1CCCN1C(=O)O)N1CCN(c2cc(NCc3ccc(Cl)cc3Cl)n3nccc3n2)CC1. The van der Waals surface area contributed by atoms with Crippen LogP contribution >= 0.6 is 23.2 Å². The molecule has 0 bridgehead atoms. The molecule has 2 aliphatic heterocycles. The average molecular weight is 518 g/mol. The van der Waals surface area contributed by atoms with Gasteiger partial charge in [0.1, 0.15) is 17.7 Å². The molecule has 2 aliphatic rings. The number of likely N-dealkylation sites (tertiary alicyclic amines) is 1. The van der Waals surface area contributed by atoms with E-state index in [0.29, 0.717) is 61.4 Å². The maximum atomic E-state index is 13.0. The van der Waals surface area contributed by atoms with Crippen molar-refractivity contribution in [3.63, 3.8) is 0 Å². The van der Waals surface area contributed by atoms with E-state index in [2.05, 4.69) is 15.3 Å². The minimum atomic E-state index is -1.03. The Bertz CT molecular complexity index is 1260. The molecule has 1 unspecified atom stereocenters. The molecule has 0 saturated carbocycles. The standard InChI is InChI=1S/C23H25Cl2N7O3/c24-16-4-3-15(17(25)12-16)14-26-20-13-21(28-19-5-6-27-32(19)20)29-8-10-30(11-9-29)22(33)18-2-1-7-31(18)23(34)35/h3-6,12-13,18,26H,1-2,7-11,14H2,(H,34,35). The molecule has 184 valence electrons. The summed E-state index contributed by atoms with van der Waals surface area (Å²) < 4.78 is 1.73. The number of anilines is 2. The maximum absolute atomic E-state index is 13.0. The first-order chi connectivity index (χ1) is 16.9. The van der Waals surface area contributed by atoms with Gasteiger partial charge in [-0.2, -0.15) is 9.61 Å². The van der Waals surface area contributed by atoms with Crippen molar-refractivity contribution in [2.75, 3.05) is 42.9 Å². The van der Waals surface area contributed by atoms with Crippen LogP contribution in [0.15, 0.2) is 36.5 Å². The van der Waals surface area contributed by atoms with Crippen molar-refractivity contribution in [3.8, 4) is 0 Å². The van der Waals surface area contributed by atoms with Gasteiger partial charge in [-0.05, 0) is 30.5 Å². The number of halogens is 2. The normalized spacial score (nSPS) is 18.3. The van der Waals surface area contributed by atoms with Gasteiger partial charge in [-0.15, -0.1) is 0 Å². The third-order valence-electron chi connectivity index (χ3n) is 6.52. The first-order valence-corrected chi connectivity index (χ1v) is 12.2. The lowest BCUT2D eigenvalue weighted by atomic mass is 10.1. The zero-order valence-corrected chi connectivity index (χ0v) is 20.4. The van der Waals surface area contributed by atoms with Crippen LogP contribution in [0.1, 0.15) is 18.4 Å². The summed E-state index contributed by atoms with van der Waals surface area (Å²) in [7, 11) is 0. The monoisotopic (exact) mass is 517 g/mol. The Morgan fingerprint density at radius 1 is 1.09 bits per heavy atom. The summed E-state index contributed by atoms with van der Waals surface area (Å²) in [6, 6.07) is 8.59. The van der Waals surface area contributed by atoms with E-state index in [1.165, 1.54) is 4.90 Å². The summed E-state index contributed by atoms with van der Waals surface area (Å²) in [4.78, 5) is 34.3. The van der Waals surface area contributed by atoms with Crippen LogP contribution in [0, 0.1) is 0 Å². The van der Waals surface area contributed by atoms with E-state index in [0.717, 1.165) is 23.6 Å². The molecule has 2 amide bonds.